The molecular formula is C13H19N5O4. The number of ether oxygens (including phenoxy) is 1. The first-order chi connectivity index (χ1) is 10.5. The molecule has 9 nitrogen and oxygen atoms in total. The third kappa shape index (κ3) is 3.07. The summed E-state index contributed by atoms with van der Waals surface area (Å²) in [5.74, 6) is 0.179. The SMILES string of the molecule is COC(=O)C1CCN(c2ncnc(N(C)C)c2[N+](=O)[O-])CC1. The van der Waals surface area contributed by atoms with E-state index in [4.69, 9.17) is 4.74 Å². The van der Waals surface area contributed by atoms with Crippen molar-refractivity contribution in [3.8, 4) is 0 Å². The van der Waals surface area contributed by atoms with Gasteiger partial charge in [0.05, 0.1) is 18.0 Å². The number of carbonyl (C=O) groups excluding carboxylic acids is 1. The molecule has 120 valence electrons. The molecule has 1 fully saturated rings. The van der Waals surface area contributed by atoms with Crippen molar-refractivity contribution in [2.75, 3.05) is 44.1 Å². The van der Waals surface area contributed by atoms with Gasteiger partial charge in [0, 0.05) is 27.2 Å². The Labute approximate surface area is 128 Å². The summed E-state index contributed by atoms with van der Waals surface area (Å²) in [6.07, 6.45) is 2.50. The van der Waals surface area contributed by atoms with Gasteiger partial charge in [0.1, 0.15) is 6.33 Å². The Kier molecular flexibility index (Phi) is 4.74. The summed E-state index contributed by atoms with van der Waals surface area (Å²) in [7, 11) is 4.76. The number of esters is 1. The van der Waals surface area contributed by atoms with Crippen LogP contribution in [0.15, 0.2) is 6.33 Å². The summed E-state index contributed by atoms with van der Waals surface area (Å²) >= 11 is 0. The maximum Gasteiger partial charge on any atom is 0.353 e. The molecule has 0 spiro atoms. The molecule has 0 aromatic carbocycles. The van der Waals surface area contributed by atoms with Crippen molar-refractivity contribution in [2.24, 2.45) is 5.92 Å². The van der Waals surface area contributed by atoms with Gasteiger partial charge in [0.25, 0.3) is 0 Å². The van der Waals surface area contributed by atoms with Crippen molar-refractivity contribution in [3.05, 3.63) is 16.4 Å². The molecule has 9 heteroatoms. The molecule has 0 atom stereocenters. The molecule has 1 saturated heterocycles. The number of aromatic nitrogens is 2. The minimum absolute atomic E-state index is 0.107. The number of piperidine rings is 1. The van der Waals surface area contributed by atoms with Crippen LogP contribution in [0.5, 0.6) is 0 Å². The highest BCUT2D eigenvalue weighted by Gasteiger charge is 2.32. The molecule has 0 saturated carbocycles. The average molecular weight is 309 g/mol. The van der Waals surface area contributed by atoms with Gasteiger partial charge in [-0.05, 0) is 12.8 Å². The smallest absolute Gasteiger partial charge is 0.353 e. The van der Waals surface area contributed by atoms with Gasteiger partial charge < -0.3 is 14.5 Å². The Hall–Kier alpha value is -2.45. The number of carbonyl (C=O) groups is 1. The minimum atomic E-state index is -0.461. The van der Waals surface area contributed by atoms with Crippen LogP contribution >= 0.6 is 0 Å². The van der Waals surface area contributed by atoms with E-state index in [2.05, 4.69) is 9.97 Å². The summed E-state index contributed by atoms with van der Waals surface area (Å²) < 4.78 is 4.75. The predicted octanol–water partition coefficient (Wildman–Crippen LogP) is 0.840. The number of hydrogen-bond donors (Lipinski definition) is 0. The van der Waals surface area contributed by atoms with E-state index in [0.29, 0.717) is 31.7 Å². The van der Waals surface area contributed by atoms with Crippen LogP contribution < -0.4 is 9.80 Å². The molecule has 1 aromatic heterocycles. The van der Waals surface area contributed by atoms with E-state index in [9.17, 15) is 14.9 Å². The lowest BCUT2D eigenvalue weighted by Gasteiger charge is -2.31. The Bertz CT molecular complexity index is 570. The highest BCUT2D eigenvalue weighted by atomic mass is 16.6. The molecule has 2 rings (SSSR count). The molecule has 0 N–H and O–H groups in total. The van der Waals surface area contributed by atoms with Gasteiger partial charge >= 0.3 is 11.7 Å². The van der Waals surface area contributed by atoms with Gasteiger partial charge in [0.2, 0.25) is 11.6 Å². The van der Waals surface area contributed by atoms with Gasteiger partial charge in [-0.3, -0.25) is 14.9 Å². The van der Waals surface area contributed by atoms with Crippen LogP contribution in [0.25, 0.3) is 0 Å². The minimum Gasteiger partial charge on any atom is -0.469 e. The fourth-order valence-electron chi connectivity index (χ4n) is 2.58. The fraction of sp³-hybridized carbons (Fsp3) is 0.615. The standard InChI is InChI=1S/C13H19N5O4/c1-16(2)11-10(18(20)21)12(15-8-14-11)17-6-4-9(5-7-17)13(19)22-3/h8-9H,4-7H2,1-3H3. The lowest BCUT2D eigenvalue weighted by atomic mass is 9.97. The summed E-state index contributed by atoms with van der Waals surface area (Å²) in [6, 6.07) is 0. The monoisotopic (exact) mass is 309 g/mol. The zero-order valence-corrected chi connectivity index (χ0v) is 12.9. The van der Waals surface area contributed by atoms with E-state index >= 15 is 0 Å². The van der Waals surface area contributed by atoms with E-state index in [1.807, 2.05) is 4.90 Å². The van der Waals surface area contributed by atoms with E-state index in [1.165, 1.54) is 13.4 Å². The quantitative estimate of drug-likeness (QED) is 0.458. The van der Waals surface area contributed by atoms with Crippen molar-refractivity contribution in [1.82, 2.24) is 9.97 Å². The summed E-state index contributed by atoms with van der Waals surface area (Å²) in [5, 5.41) is 11.4. The number of methoxy groups -OCH3 is 1. The predicted molar refractivity (Wildman–Crippen MR) is 80.0 cm³/mol. The summed E-state index contributed by atoms with van der Waals surface area (Å²) in [5.41, 5.74) is -0.107. The largest absolute Gasteiger partial charge is 0.469 e. The van der Waals surface area contributed by atoms with Gasteiger partial charge in [-0.1, -0.05) is 0 Å². The Morgan fingerprint density at radius 2 is 2.05 bits per heavy atom. The third-order valence-electron chi connectivity index (χ3n) is 3.72. The van der Waals surface area contributed by atoms with Crippen LogP contribution in [0.1, 0.15) is 12.8 Å². The molecule has 0 unspecified atom stereocenters. The number of nitro groups is 1. The van der Waals surface area contributed by atoms with Crippen LogP contribution in [0.4, 0.5) is 17.3 Å². The molecular weight excluding hydrogens is 290 g/mol. The molecule has 0 amide bonds. The molecule has 2 heterocycles. The number of rotatable bonds is 4. The van der Waals surface area contributed by atoms with Crippen molar-refractivity contribution in [3.63, 3.8) is 0 Å². The van der Waals surface area contributed by atoms with Crippen LogP contribution in [-0.2, 0) is 9.53 Å². The molecule has 1 aromatic rings. The third-order valence-corrected chi connectivity index (χ3v) is 3.72. The molecule has 1 aliphatic rings. The van der Waals surface area contributed by atoms with Gasteiger partial charge in [0.15, 0.2) is 0 Å². The Balaban J connectivity index is 2.25. The number of nitrogens with zero attached hydrogens (tertiary/aromatic N) is 5. The zero-order valence-electron chi connectivity index (χ0n) is 12.9. The molecule has 22 heavy (non-hydrogen) atoms. The van der Waals surface area contributed by atoms with Crippen LogP contribution in [0.3, 0.4) is 0 Å². The van der Waals surface area contributed by atoms with Crippen LogP contribution in [-0.4, -0.2) is 55.2 Å². The second-order valence-electron chi connectivity index (χ2n) is 5.31. The Morgan fingerprint density at radius 3 is 2.55 bits per heavy atom. The number of hydrogen-bond acceptors (Lipinski definition) is 8. The fourth-order valence-corrected chi connectivity index (χ4v) is 2.58. The van der Waals surface area contributed by atoms with Crippen molar-refractivity contribution < 1.29 is 14.5 Å². The van der Waals surface area contributed by atoms with E-state index in [1.54, 1.807) is 19.0 Å². The average Bonchev–Trinajstić information content (AvgIpc) is 2.53. The lowest BCUT2D eigenvalue weighted by Crippen LogP contribution is -2.37. The maximum atomic E-state index is 11.5. The van der Waals surface area contributed by atoms with Gasteiger partial charge in [-0.25, -0.2) is 9.97 Å². The summed E-state index contributed by atoms with van der Waals surface area (Å²) in [4.78, 5) is 34.0. The first kappa shape index (κ1) is 15.9. The zero-order chi connectivity index (χ0) is 16.3. The molecule has 0 radical (unpaired) electrons. The van der Waals surface area contributed by atoms with Crippen LogP contribution in [0.2, 0.25) is 0 Å². The van der Waals surface area contributed by atoms with Gasteiger partial charge in [-0.15, -0.1) is 0 Å². The van der Waals surface area contributed by atoms with Crippen molar-refractivity contribution in [1.29, 1.82) is 0 Å². The first-order valence-electron chi connectivity index (χ1n) is 6.95. The van der Waals surface area contributed by atoms with E-state index in [-0.39, 0.29) is 23.4 Å². The van der Waals surface area contributed by atoms with E-state index in [0.717, 1.165) is 0 Å². The normalized spacial score (nSPS) is 15.5. The van der Waals surface area contributed by atoms with E-state index < -0.39 is 4.92 Å². The van der Waals surface area contributed by atoms with Gasteiger partial charge in [-0.2, -0.15) is 0 Å². The first-order valence-corrected chi connectivity index (χ1v) is 6.95. The number of anilines is 2. The molecule has 0 bridgehead atoms. The second-order valence-corrected chi connectivity index (χ2v) is 5.31. The highest BCUT2D eigenvalue weighted by molar-refractivity contribution is 5.74. The Morgan fingerprint density at radius 1 is 1.41 bits per heavy atom. The molecule has 0 aliphatic carbocycles. The maximum absolute atomic E-state index is 11.5. The summed E-state index contributed by atoms with van der Waals surface area (Å²) in [6.45, 7) is 1.04. The van der Waals surface area contributed by atoms with Crippen molar-refractivity contribution in [2.45, 2.75) is 12.8 Å². The van der Waals surface area contributed by atoms with Crippen molar-refractivity contribution >= 4 is 23.3 Å². The highest BCUT2D eigenvalue weighted by Crippen LogP contribution is 2.35. The van der Waals surface area contributed by atoms with Crippen LogP contribution in [0, 0.1) is 16.0 Å². The molecule has 1 aliphatic heterocycles. The topological polar surface area (TPSA) is 102 Å². The second kappa shape index (κ2) is 6.54. The lowest BCUT2D eigenvalue weighted by molar-refractivity contribution is -0.383.